The molecular formula is C17H14ClF2NO3. The third-order valence-corrected chi connectivity index (χ3v) is 3.52. The van der Waals surface area contributed by atoms with Crippen LogP contribution in [0.4, 0.5) is 8.78 Å². The molecule has 0 unspecified atom stereocenters. The van der Waals surface area contributed by atoms with Gasteiger partial charge in [-0.05, 0) is 17.7 Å². The number of nitrogens with one attached hydrogen (secondary N) is 1. The predicted octanol–water partition coefficient (Wildman–Crippen LogP) is 3.02. The number of hydrogen-bond acceptors (Lipinski definition) is 3. The summed E-state index contributed by atoms with van der Waals surface area (Å²) in [6.07, 6.45) is -0.0560. The Balaban J connectivity index is 1.76. The second kappa shape index (κ2) is 8.40. The number of carbonyl (C=O) groups is 2. The van der Waals surface area contributed by atoms with Gasteiger partial charge < -0.3 is 10.1 Å². The van der Waals surface area contributed by atoms with Gasteiger partial charge in [-0.15, -0.1) is 0 Å². The Labute approximate surface area is 142 Å². The number of amides is 1. The van der Waals surface area contributed by atoms with Gasteiger partial charge >= 0.3 is 5.97 Å². The summed E-state index contributed by atoms with van der Waals surface area (Å²) >= 11 is 5.93. The van der Waals surface area contributed by atoms with Crippen LogP contribution in [0.1, 0.15) is 11.1 Å². The average Bonchev–Trinajstić information content (AvgIpc) is 2.54. The Kier molecular flexibility index (Phi) is 6.26. The van der Waals surface area contributed by atoms with Crippen LogP contribution in [0.3, 0.4) is 0 Å². The molecule has 0 saturated heterocycles. The van der Waals surface area contributed by atoms with Gasteiger partial charge in [0, 0.05) is 23.2 Å². The maximum Gasteiger partial charge on any atom is 0.310 e. The lowest BCUT2D eigenvalue weighted by Crippen LogP contribution is -2.29. The van der Waals surface area contributed by atoms with E-state index >= 15 is 0 Å². The van der Waals surface area contributed by atoms with Gasteiger partial charge in [-0.3, -0.25) is 9.59 Å². The topological polar surface area (TPSA) is 55.4 Å². The van der Waals surface area contributed by atoms with Crippen molar-refractivity contribution in [3.63, 3.8) is 0 Å². The zero-order chi connectivity index (χ0) is 17.5. The molecular weight excluding hydrogens is 340 g/mol. The lowest BCUT2D eigenvalue weighted by atomic mass is 10.1. The molecule has 2 aromatic carbocycles. The first-order chi connectivity index (χ1) is 11.5. The molecule has 2 aromatic rings. The van der Waals surface area contributed by atoms with E-state index in [2.05, 4.69) is 5.32 Å². The maximum absolute atomic E-state index is 13.4. The van der Waals surface area contributed by atoms with E-state index in [4.69, 9.17) is 16.3 Å². The van der Waals surface area contributed by atoms with Gasteiger partial charge in [0.2, 0.25) is 0 Å². The van der Waals surface area contributed by atoms with Crippen LogP contribution in [0, 0.1) is 11.6 Å². The van der Waals surface area contributed by atoms with E-state index < -0.39 is 30.1 Å². The van der Waals surface area contributed by atoms with Crippen molar-refractivity contribution in [1.82, 2.24) is 5.32 Å². The Morgan fingerprint density at radius 2 is 1.83 bits per heavy atom. The predicted molar refractivity (Wildman–Crippen MR) is 84.3 cm³/mol. The van der Waals surface area contributed by atoms with Crippen LogP contribution >= 0.6 is 11.6 Å². The van der Waals surface area contributed by atoms with E-state index in [0.29, 0.717) is 10.6 Å². The van der Waals surface area contributed by atoms with Crippen molar-refractivity contribution in [3.05, 3.63) is 70.2 Å². The molecule has 0 fully saturated rings. The number of esters is 1. The van der Waals surface area contributed by atoms with Crippen molar-refractivity contribution in [1.29, 1.82) is 0 Å². The minimum Gasteiger partial charge on any atom is -0.455 e. The van der Waals surface area contributed by atoms with E-state index in [0.717, 1.165) is 12.1 Å². The minimum atomic E-state index is -0.758. The molecule has 0 spiro atoms. The summed E-state index contributed by atoms with van der Waals surface area (Å²) < 4.78 is 31.0. The molecule has 0 heterocycles. The van der Waals surface area contributed by atoms with Gasteiger partial charge in [0.05, 0.1) is 6.42 Å². The SMILES string of the molecule is O=C(COC(=O)Cc1ccccc1Cl)NCc1ccc(F)cc1F. The molecule has 0 aliphatic carbocycles. The van der Waals surface area contributed by atoms with Crippen LogP contribution in [0.25, 0.3) is 0 Å². The molecule has 0 aromatic heterocycles. The van der Waals surface area contributed by atoms with Crippen LogP contribution in [0.2, 0.25) is 5.02 Å². The molecule has 1 amide bonds. The Morgan fingerprint density at radius 3 is 2.54 bits per heavy atom. The van der Waals surface area contributed by atoms with Crippen molar-refractivity contribution in [3.8, 4) is 0 Å². The van der Waals surface area contributed by atoms with Crippen molar-refractivity contribution in [2.24, 2.45) is 0 Å². The molecule has 2 rings (SSSR count). The molecule has 0 aliphatic rings. The molecule has 0 radical (unpaired) electrons. The number of halogens is 3. The molecule has 7 heteroatoms. The Morgan fingerprint density at radius 1 is 1.08 bits per heavy atom. The van der Waals surface area contributed by atoms with E-state index in [1.807, 2.05) is 0 Å². The van der Waals surface area contributed by atoms with Crippen molar-refractivity contribution in [2.45, 2.75) is 13.0 Å². The van der Waals surface area contributed by atoms with E-state index in [1.165, 1.54) is 6.07 Å². The average molecular weight is 354 g/mol. The summed E-state index contributed by atoms with van der Waals surface area (Å²) in [5.74, 6) is -2.65. The van der Waals surface area contributed by atoms with Gasteiger partial charge in [0.15, 0.2) is 6.61 Å². The summed E-state index contributed by atoms with van der Waals surface area (Å²) in [6, 6.07) is 9.85. The first-order valence-corrected chi connectivity index (χ1v) is 7.43. The zero-order valence-electron chi connectivity index (χ0n) is 12.5. The van der Waals surface area contributed by atoms with Crippen molar-refractivity contribution >= 4 is 23.5 Å². The highest BCUT2D eigenvalue weighted by atomic mass is 35.5. The fraction of sp³-hybridized carbons (Fsp3) is 0.176. The third kappa shape index (κ3) is 5.31. The lowest BCUT2D eigenvalue weighted by molar-refractivity contribution is -0.147. The third-order valence-electron chi connectivity index (χ3n) is 3.15. The second-order valence-electron chi connectivity index (χ2n) is 4.94. The maximum atomic E-state index is 13.4. The smallest absolute Gasteiger partial charge is 0.310 e. The van der Waals surface area contributed by atoms with Crippen LogP contribution in [-0.4, -0.2) is 18.5 Å². The van der Waals surface area contributed by atoms with Crippen LogP contribution < -0.4 is 5.32 Å². The minimum absolute atomic E-state index is 0.0560. The Hall–Kier alpha value is -2.47. The van der Waals surface area contributed by atoms with Gasteiger partial charge in [0.25, 0.3) is 5.91 Å². The van der Waals surface area contributed by atoms with Gasteiger partial charge in [-0.2, -0.15) is 0 Å². The molecule has 126 valence electrons. The van der Waals surface area contributed by atoms with E-state index in [1.54, 1.807) is 24.3 Å². The van der Waals surface area contributed by atoms with Crippen LogP contribution in [0.5, 0.6) is 0 Å². The second-order valence-corrected chi connectivity index (χ2v) is 5.35. The number of benzene rings is 2. The number of carbonyl (C=O) groups excluding carboxylic acids is 2. The normalized spacial score (nSPS) is 10.3. The van der Waals surface area contributed by atoms with Crippen molar-refractivity contribution < 1.29 is 23.1 Å². The molecule has 0 aliphatic heterocycles. The lowest BCUT2D eigenvalue weighted by Gasteiger charge is -2.08. The van der Waals surface area contributed by atoms with Crippen molar-refractivity contribution in [2.75, 3.05) is 6.61 Å². The highest BCUT2D eigenvalue weighted by Gasteiger charge is 2.11. The first kappa shape index (κ1) is 17.9. The number of hydrogen-bond donors (Lipinski definition) is 1. The molecule has 24 heavy (non-hydrogen) atoms. The molecule has 0 saturated carbocycles. The fourth-order valence-corrected chi connectivity index (χ4v) is 2.11. The quantitative estimate of drug-likeness (QED) is 0.812. The summed E-state index contributed by atoms with van der Waals surface area (Å²) in [4.78, 5) is 23.3. The summed E-state index contributed by atoms with van der Waals surface area (Å²) in [5, 5.41) is 2.82. The standard InChI is InChI=1S/C17H14ClF2NO3/c18-14-4-2-1-3-11(14)7-17(23)24-10-16(22)21-9-12-5-6-13(19)8-15(12)20/h1-6,8H,7,9-10H2,(H,21,22). The van der Waals surface area contributed by atoms with E-state index in [-0.39, 0.29) is 18.5 Å². The van der Waals surface area contributed by atoms with Crippen LogP contribution in [0.15, 0.2) is 42.5 Å². The fourth-order valence-electron chi connectivity index (χ4n) is 1.90. The largest absolute Gasteiger partial charge is 0.455 e. The highest BCUT2D eigenvalue weighted by Crippen LogP contribution is 2.15. The molecule has 4 nitrogen and oxygen atoms in total. The first-order valence-electron chi connectivity index (χ1n) is 7.05. The molecule has 1 N–H and O–H groups in total. The summed E-state index contributed by atoms with van der Waals surface area (Å²) in [5.41, 5.74) is 0.727. The van der Waals surface area contributed by atoms with Gasteiger partial charge in [-0.1, -0.05) is 35.9 Å². The van der Waals surface area contributed by atoms with Crippen LogP contribution in [-0.2, 0) is 27.3 Å². The van der Waals surface area contributed by atoms with Gasteiger partial charge in [-0.25, -0.2) is 8.78 Å². The number of ether oxygens (including phenoxy) is 1. The molecule has 0 atom stereocenters. The zero-order valence-corrected chi connectivity index (χ0v) is 13.3. The monoisotopic (exact) mass is 353 g/mol. The Bertz CT molecular complexity index is 752. The van der Waals surface area contributed by atoms with E-state index in [9.17, 15) is 18.4 Å². The highest BCUT2D eigenvalue weighted by molar-refractivity contribution is 6.31. The summed E-state index contributed by atoms with van der Waals surface area (Å²) in [6.45, 7) is -0.626. The molecule has 0 bridgehead atoms. The number of rotatable bonds is 6. The van der Waals surface area contributed by atoms with Gasteiger partial charge in [0.1, 0.15) is 11.6 Å². The summed E-state index contributed by atoms with van der Waals surface area (Å²) in [7, 11) is 0.